The Morgan fingerprint density at radius 1 is 1.50 bits per heavy atom. The Hall–Kier alpha value is -0.550. The Morgan fingerprint density at radius 2 is 2.07 bits per heavy atom. The lowest BCUT2D eigenvalue weighted by Gasteiger charge is -2.15. The first kappa shape index (κ1) is 11.5. The summed E-state index contributed by atoms with van der Waals surface area (Å²) < 4.78 is 0. The van der Waals surface area contributed by atoms with Crippen molar-refractivity contribution in [2.75, 3.05) is 13.1 Å². The Morgan fingerprint density at radius 3 is 2.50 bits per heavy atom. The molecular formula is C12H22N2. The Bertz CT molecular complexity index is 235. The summed E-state index contributed by atoms with van der Waals surface area (Å²) in [6.07, 6.45) is 2.29. The van der Waals surface area contributed by atoms with Crippen molar-refractivity contribution in [1.29, 1.82) is 5.26 Å². The zero-order valence-corrected chi connectivity index (χ0v) is 9.85. The lowest BCUT2D eigenvalue weighted by molar-refractivity contribution is 0.422. The Kier molecular flexibility index (Phi) is 3.21. The number of hydrogen-bond acceptors (Lipinski definition) is 2. The molecule has 0 radical (unpaired) electrons. The molecule has 1 aliphatic rings. The lowest BCUT2D eigenvalue weighted by atomic mass is 9.91. The first-order chi connectivity index (χ1) is 6.37. The van der Waals surface area contributed by atoms with Crippen LogP contribution in [0, 0.1) is 28.1 Å². The SMILES string of the molecule is CC(C)(C#N)CCNCC1CC1(C)C. The van der Waals surface area contributed by atoms with Gasteiger partial charge in [-0.3, -0.25) is 0 Å². The van der Waals surface area contributed by atoms with Gasteiger partial charge < -0.3 is 5.32 Å². The van der Waals surface area contributed by atoms with Crippen molar-refractivity contribution in [2.45, 2.75) is 40.5 Å². The summed E-state index contributed by atoms with van der Waals surface area (Å²) >= 11 is 0. The highest BCUT2D eigenvalue weighted by Crippen LogP contribution is 2.50. The van der Waals surface area contributed by atoms with Crippen molar-refractivity contribution in [3.63, 3.8) is 0 Å². The van der Waals surface area contributed by atoms with Gasteiger partial charge in [0.25, 0.3) is 0 Å². The zero-order valence-electron chi connectivity index (χ0n) is 9.85. The molecule has 0 heterocycles. The first-order valence-corrected chi connectivity index (χ1v) is 5.49. The minimum atomic E-state index is -0.175. The summed E-state index contributed by atoms with van der Waals surface area (Å²) in [5, 5.41) is 12.3. The molecule has 1 atom stereocenters. The van der Waals surface area contributed by atoms with E-state index in [2.05, 4.69) is 25.2 Å². The van der Waals surface area contributed by atoms with E-state index in [1.807, 2.05) is 13.8 Å². The molecule has 1 rings (SSSR count). The van der Waals surface area contributed by atoms with Crippen molar-refractivity contribution in [3.05, 3.63) is 0 Å². The normalized spacial score (nSPS) is 24.4. The molecule has 1 unspecified atom stereocenters. The maximum absolute atomic E-state index is 8.82. The van der Waals surface area contributed by atoms with Crippen LogP contribution in [-0.2, 0) is 0 Å². The Labute approximate surface area is 87.7 Å². The predicted octanol–water partition coefficient (Wildman–Crippen LogP) is 2.56. The molecule has 1 saturated carbocycles. The molecule has 80 valence electrons. The number of nitrogens with zero attached hydrogens (tertiary/aromatic N) is 1. The second kappa shape index (κ2) is 3.90. The number of nitrogens with one attached hydrogen (secondary N) is 1. The van der Waals surface area contributed by atoms with E-state index in [1.54, 1.807) is 0 Å². The minimum Gasteiger partial charge on any atom is -0.316 e. The standard InChI is InChI=1S/C12H22N2/c1-11(2,9-13)5-6-14-8-10-7-12(10,3)4/h10,14H,5-8H2,1-4H3. The fraction of sp³-hybridized carbons (Fsp3) is 0.917. The van der Waals surface area contributed by atoms with Crippen LogP contribution in [-0.4, -0.2) is 13.1 Å². The molecule has 0 aromatic heterocycles. The zero-order chi connectivity index (χ0) is 10.8. The van der Waals surface area contributed by atoms with E-state index in [1.165, 1.54) is 6.42 Å². The second-order valence-electron chi connectivity index (χ2n) is 5.84. The van der Waals surface area contributed by atoms with Gasteiger partial charge in [0.05, 0.1) is 11.5 Å². The maximum Gasteiger partial charge on any atom is 0.0684 e. The van der Waals surface area contributed by atoms with Crippen LogP contribution >= 0.6 is 0 Å². The highest BCUT2D eigenvalue weighted by molar-refractivity contribution is 4.96. The van der Waals surface area contributed by atoms with Gasteiger partial charge in [0, 0.05) is 0 Å². The van der Waals surface area contributed by atoms with Gasteiger partial charge in [-0.05, 0) is 51.1 Å². The minimum absolute atomic E-state index is 0.175. The second-order valence-corrected chi connectivity index (χ2v) is 5.84. The molecule has 1 fully saturated rings. The van der Waals surface area contributed by atoms with E-state index in [0.717, 1.165) is 25.4 Å². The van der Waals surface area contributed by atoms with Crippen LogP contribution in [0.3, 0.4) is 0 Å². The molecule has 1 aliphatic carbocycles. The van der Waals surface area contributed by atoms with Crippen LogP contribution in [0.15, 0.2) is 0 Å². The predicted molar refractivity (Wildman–Crippen MR) is 58.8 cm³/mol. The molecule has 0 aromatic carbocycles. The molecule has 2 nitrogen and oxygen atoms in total. The summed E-state index contributed by atoms with van der Waals surface area (Å²) in [5.41, 5.74) is 0.393. The highest BCUT2D eigenvalue weighted by Gasteiger charge is 2.44. The van der Waals surface area contributed by atoms with Crippen molar-refractivity contribution in [3.8, 4) is 6.07 Å². The van der Waals surface area contributed by atoms with Gasteiger partial charge in [-0.25, -0.2) is 0 Å². The summed E-state index contributed by atoms with van der Waals surface area (Å²) in [4.78, 5) is 0. The molecule has 14 heavy (non-hydrogen) atoms. The number of rotatable bonds is 5. The van der Waals surface area contributed by atoms with Crippen LogP contribution in [0.25, 0.3) is 0 Å². The summed E-state index contributed by atoms with van der Waals surface area (Å²) in [6.45, 7) is 10.7. The van der Waals surface area contributed by atoms with Gasteiger partial charge in [0.2, 0.25) is 0 Å². The van der Waals surface area contributed by atoms with Crippen molar-refractivity contribution in [1.82, 2.24) is 5.32 Å². The molecule has 0 aromatic rings. The highest BCUT2D eigenvalue weighted by atomic mass is 14.9. The fourth-order valence-corrected chi connectivity index (χ4v) is 1.66. The van der Waals surface area contributed by atoms with E-state index in [9.17, 15) is 0 Å². The van der Waals surface area contributed by atoms with Crippen molar-refractivity contribution in [2.24, 2.45) is 16.7 Å². The van der Waals surface area contributed by atoms with Gasteiger partial charge in [-0.15, -0.1) is 0 Å². The maximum atomic E-state index is 8.82. The van der Waals surface area contributed by atoms with Gasteiger partial charge in [-0.2, -0.15) is 5.26 Å². The molecule has 2 heteroatoms. The average Bonchev–Trinajstić information content (AvgIpc) is 2.68. The summed E-state index contributed by atoms with van der Waals surface area (Å²) in [6, 6.07) is 2.32. The van der Waals surface area contributed by atoms with Gasteiger partial charge in [0.15, 0.2) is 0 Å². The summed E-state index contributed by atoms with van der Waals surface area (Å²) in [7, 11) is 0. The van der Waals surface area contributed by atoms with E-state index in [4.69, 9.17) is 5.26 Å². The van der Waals surface area contributed by atoms with Gasteiger partial charge in [-0.1, -0.05) is 13.8 Å². The van der Waals surface area contributed by atoms with Crippen molar-refractivity contribution < 1.29 is 0 Å². The summed E-state index contributed by atoms with van der Waals surface area (Å²) in [5.74, 6) is 0.854. The lowest BCUT2D eigenvalue weighted by Crippen LogP contribution is -2.24. The topological polar surface area (TPSA) is 35.8 Å². The molecule has 0 bridgehead atoms. The first-order valence-electron chi connectivity index (χ1n) is 5.49. The molecule has 0 spiro atoms. The third kappa shape index (κ3) is 3.31. The molecular weight excluding hydrogens is 172 g/mol. The van der Waals surface area contributed by atoms with Crippen LogP contribution in [0.4, 0.5) is 0 Å². The smallest absolute Gasteiger partial charge is 0.0684 e. The van der Waals surface area contributed by atoms with Crippen LogP contribution in [0.2, 0.25) is 0 Å². The van der Waals surface area contributed by atoms with Gasteiger partial charge in [0.1, 0.15) is 0 Å². The molecule has 1 N–H and O–H groups in total. The molecule has 0 amide bonds. The largest absolute Gasteiger partial charge is 0.316 e. The van der Waals surface area contributed by atoms with Crippen LogP contribution < -0.4 is 5.32 Å². The molecule has 0 saturated heterocycles. The third-order valence-corrected chi connectivity index (χ3v) is 3.34. The van der Waals surface area contributed by atoms with E-state index in [-0.39, 0.29) is 5.41 Å². The van der Waals surface area contributed by atoms with E-state index < -0.39 is 0 Å². The fourth-order valence-electron chi connectivity index (χ4n) is 1.66. The number of hydrogen-bond donors (Lipinski definition) is 1. The van der Waals surface area contributed by atoms with E-state index >= 15 is 0 Å². The third-order valence-electron chi connectivity index (χ3n) is 3.34. The van der Waals surface area contributed by atoms with E-state index in [0.29, 0.717) is 5.41 Å². The van der Waals surface area contributed by atoms with Gasteiger partial charge >= 0.3 is 0 Å². The van der Waals surface area contributed by atoms with Crippen LogP contribution in [0.5, 0.6) is 0 Å². The van der Waals surface area contributed by atoms with Crippen LogP contribution in [0.1, 0.15) is 40.5 Å². The quantitative estimate of drug-likeness (QED) is 0.683. The monoisotopic (exact) mass is 194 g/mol. The van der Waals surface area contributed by atoms with Crippen molar-refractivity contribution >= 4 is 0 Å². The molecule has 0 aliphatic heterocycles. The average molecular weight is 194 g/mol. The number of nitriles is 1. The Balaban J connectivity index is 2.04.